The third kappa shape index (κ3) is 3.40. The lowest BCUT2D eigenvalue weighted by Crippen LogP contribution is -2.44. The standard InChI is InChI=1S/C22H33NO5S/c1-4-23(5-2)29(26,27)28-15-7-9-16-14(12-15)6-8-18-17(16)10-11-22(3)19(18)13-20(24)21(22)25/h7,9,12,17-21,24-25H,4-6,8,10-11,13H2,1-3H3/t17-,18-,19+,20-,21+,22+/m1/s1. The van der Waals surface area contributed by atoms with E-state index in [2.05, 4.69) is 6.92 Å². The zero-order chi connectivity index (χ0) is 21.0. The predicted molar refractivity (Wildman–Crippen MR) is 111 cm³/mol. The number of hydrogen-bond acceptors (Lipinski definition) is 5. The zero-order valence-corrected chi connectivity index (χ0v) is 18.4. The minimum absolute atomic E-state index is 0.195. The molecule has 0 unspecified atom stereocenters. The van der Waals surface area contributed by atoms with E-state index in [1.54, 1.807) is 19.9 Å². The highest BCUT2D eigenvalue weighted by Crippen LogP contribution is 2.60. The van der Waals surface area contributed by atoms with E-state index < -0.39 is 22.5 Å². The molecule has 0 bridgehead atoms. The molecule has 3 aliphatic rings. The summed E-state index contributed by atoms with van der Waals surface area (Å²) in [5.41, 5.74) is 2.26. The monoisotopic (exact) mass is 423 g/mol. The van der Waals surface area contributed by atoms with Crippen molar-refractivity contribution < 1.29 is 22.8 Å². The third-order valence-corrected chi connectivity index (χ3v) is 9.45. The molecule has 0 spiro atoms. The van der Waals surface area contributed by atoms with Gasteiger partial charge in [-0.2, -0.15) is 12.7 Å². The van der Waals surface area contributed by atoms with Gasteiger partial charge in [0.05, 0.1) is 12.2 Å². The first-order valence-corrected chi connectivity index (χ1v) is 12.3. The van der Waals surface area contributed by atoms with E-state index in [4.69, 9.17) is 4.18 Å². The summed E-state index contributed by atoms with van der Waals surface area (Å²) in [5.74, 6) is 1.57. The van der Waals surface area contributed by atoms with Gasteiger partial charge in [-0.15, -0.1) is 0 Å². The van der Waals surface area contributed by atoms with Gasteiger partial charge in [-0.05, 0) is 78.5 Å². The van der Waals surface area contributed by atoms with Crippen molar-refractivity contribution in [1.29, 1.82) is 0 Å². The Morgan fingerprint density at radius 2 is 1.93 bits per heavy atom. The SMILES string of the molecule is CCN(CC)S(=O)(=O)Oc1ccc2c(c1)CC[C@@H]1[C@@H]2CC[C@]2(C)[C@@H](O)[C@H](O)C[C@@H]12. The summed E-state index contributed by atoms with van der Waals surface area (Å²) in [4.78, 5) is 0. The summed E-state index contributed by atoms with van der Waals surface area (Å²) in [6.07, 6.45) is 3.21. The van der Waals surface area contributed by atoms with Crippen molar-refractivity contribution in [2.45, 2.75) is 71.0 Å². The molecule has 4 rings (SSSR count). The molecular weight excluding hydrogens is 390 g/mol. The topological polar surface area (TPSA) is 87.1 Å². The third-order valence-electron chi connectivity index (χ3n) is 7.89. The second-order valence-corrected chi connectivity index (χ2v) is 10.7. The fourth-order valence-corrected chi connectivity index (χ4v) is 7.40. The van der Waals surface area contributed by atoms with Crippen LogP contribution in [0.1, 0.15) is 63.5 Å². The van der Waals surface area contributed by atoms with Crippen molar-refractivity contribution in [2.75, 3.05) is 13.1 Å². The molecule has 0 aromatic heterocycles. The lowest BCUT2D eigenvalue weighted by molar-refractivity contribution is -0.0505. The zero-order valence-electron chi connectivity index (χ0n) is 17.5. The minimum atomic E-state index is -3.78. The Hall–Kier alpha value is -1.15. The molecule has 3 aliphatic carbocycles. The number of benzene rings is 1. The summed E-state index contributed by atoms with van der Waals surface area (Å²) < 4.78 is 31.6. The van der Waals surface area contributed by atoms with Gasteiger partial charge in [-0.25, -0.2) is 0 Å². The van der Waals surface area contributed by atoms with Crippen LogP contribution >= 0.6 is 0 Å². The highest BCUT2D eigenvalue weighted by atomic mass is 32.2. The lowest BCUT2D eigenvalue weighted by atomic mass is 9.55. The van der Waals surface area contributed by atoms with E-state index in [-0.39, 0.29) is 5.41 Å². The van der Waals surface area contributed by atoms with Crippen LogP contribution in [0.5, 0.6) is 5.75 Å². The fourth-order valence-electron chi connectivity index (χ4n) is 6.31. The van der Waals surface area contributed by atoms with E-state index in [0.29, 0.717) is 43.0 Å². The maximum Gasteiger partial charge on any atom is 0.385 e. The van der Waals surface area contributed by atoms with Crippen LogP contribution in [0.2, 0.25) is 0 Å². The smallest absolute Gasteiger partial charge is 0.385 e. The van der Waals surface area contributed by atoms with Crippen LogP contribution in [-0.4, -0.2) is 48.2 Å². The first kappa shape index (κ1) is 21.1. The highest BCUT2D eigenvalue weighted by Gasteiger charge is 2.57. The second kappa shape index (κ2) is 7.52. The highest BCUT2D eigenvalue weighted by molar-refractivity contribution is 7.84. The van der Waals surface area contributed by atoms with Crippen LogP contribution in [0.3, 0.4) is 0 Å². The van der Waals surface area contributed by atoms with E-state index in [9.17, 15) is 18.6 Å². The van der Waals surface area contributed by atoms with Crippen molar-refractivity contribution >= 4 is 10.3 Å². The number of aliphatic hydroxyl groups is 2. The molecule has 0 heterocycles. The Kier molecular flexibility index (Phi) is 5.47. The van der Waals surface area contributed by atoms with Gasteiger partial charge in [-0.1, -0.05) is 26.8 Å². The Labute approximate surface area is 174 Å². The average molecular weight is 424 g/mol. The van der Waals surface area contributed by atoms with Crippen LogP contribution in [0.15, 0.2) is 18.2 Å². The molecule has 1 aromatic carbocycles. The van der Waals surface area contributed by atoms with Crippen LogP contribution in [0.25, 0.3) is 0 Å². The van der Waals surface area contributed by atoms with Crippen LogP contribution in [0.4, 0.5) is 0 Å². The number of aliphatic hydroxyl groups excluding tert-OH is 2. The number of rotatable bonds is 5. The number of aryl methyl sites for hydroxylation is 1. The largest absolute Gasteiger partial charge is 0.390 e. The molecular formula is C22H33NO5S. The number of hydrogen-bond donors (Lipinski definition) is 2. The summed E-state index contributed by atoms with van der Waals surface area (Å²) >= 11 is 0. The molecule has 2 fully saturated rings. The van der Waals surface area contributed by atoms with E-state index in [1.165, 1.54) is 15.4 Å². The van der Waals surface area contributed by atoms with Crippen molar-refractivity contribution in [3.05, 3.63) is 29.3 Å². The van der Waals surface area contributed by atoms with Crippen molar-refractivity contribution in [1.82, 2.24) is 4.31 Å². The maximum absolute atomic E-state index is 12.4. The van der Waals surface area contributed by atoms with E-state index >= 15 is 0 Å². The molecule has 6 atom stereocenters. The van der Waals surface area contributed by atoms with Gasteiger partial charge < -0.3 is 14.4 Å². The van der Waals surface area contributed by atoms with Gasteiger partial charge in [-0.3, -0.25) is 0 Å². The molecule has 162 valence electrons. The Morgan fingerprint density at radius 1 is 1.21 bits per heavy atom. The molecule has 2 saturated carbocycles. The molecule has 0 saturated heterocycles. The molecule has 29 heavy (non-hydrogen) atoms. The van der Waals surface area contributed by atoms with E-state index in [1.807, 2.05) is 12.1 Å². The van der Waals surface area contributed by atoms with Gasteiger partial charge >= 0.3 is 10.3 Å². The summed E-state index contributed by atoms with van der Waals surface area (Å²) in [7, 11) is -3.78. The van der Waals surface area contributed by atoms with Crippen molar-refractivity contribution in [3.63, 3.8) is 0 Å². The van der Waals surface area contributed by atoms with Gasteiger partial charge in [0, 0.05) is 13.1 Å². The first-order chi connectivity index (χ1) is 13.7. The Balaban J connectivity index is 1.57. The molecule has 1 aromatic rings. The minimum Gasteiger partial charge on any atom is -0.390 e. The molecule has 7 heteroatoms. The summed E-state index contributed by atoms with van der Waals surface area (Å²) in [6, 6.07) is 5.69. The molecule has 0 amide bonds. The fraction of sp³-hybridized carbons (Fsp3) is 0.727. The average Bonchev–Trinajstić information content (AvgIpc) is 2.91. The molecule has 6 nitrogen and oxygen atoms in total. The Morgan fingerprint density at radius 3 is 2.62 bits per heavy atom. The lowest BCUT2D eigenvalue weighted by Gasteiger charge is -2.49. The molecule has 0 aliphatic heterocycles. The van der Waals surface area contributed by atoms with Crippen molar-refractivity contribution in [3.8, 4) is 5.75 Å². The number of fused-ring (bicyclic) bond motifs is 5. The van der Waals surface area contributed by atoms with Crippen molar-refractivity contribution in [2.24, 2.45) is 17.3 Å². The van der Waals surface area contributed by atoms with Gasteiger partial charge in [0.2, 0.25) is 0 Å². The quantitative estimate of drug-likeness (QED) is 0.760. The summed E-state index contributed by atoms with van der Waals surface area (Å²) in [5, 5.41) is 20.8. The van der Waals surface area contributed by atoms with Gasteiger partial charge in [0.15, 0.2) is 0 Å². The van der Waals surface area contributed by atoms with Gasteiger partial charge in [0.25, 0.3) is 0 Å². The van der Waals surface area contributed by atoms with Crippen LogP contribution < -0.4 is 4.18 Å². The molecule has 2 N–H and O–H groups in total. The van der Waals surface area contributed by atoms with Gasteiger partial charge in [0.1, 0.15) is 5.75 Å². The second-order valence-electron chi connectivity index (χ2n) is 9.19. The predicted octanol–water partition coefficient (Wildman–Crippen LogP) is 2.84. The summed E-state index contributed by atoms with van der Waals surface area (Å²) in [6.45, 7) is 6.49. The maximum atomic E-state index is 12.4. The molecule has 0 radical (unpaired) electrons. The number of nitrogens with zero attached hydrogens (tertiary/aromatic N) is 1. The van der Waals surface area contributed by atoms with E-state index in [0.717, 1.165) is 25.7 Å². The normalized spacial score (nSPS) is 36.4. The van der Waals surface area contributed by atoms with Crippen LogP contribution in [0, 0.1) is 17.3 Å². The first-order valence-electron chi connectivity index (χ1n) is 10.9. The Bertz CT molecular complexity index is 868. The van der Waals surface area contributed by atoms with Crippen LogP contribution in [-0.2, 0) is 16.7 Å².